The highest BCUT2D eigenvalue weighted by atomic mass is 35.5. The van der Waals surface area contributed by atoms with Crippen molar-refractivity contribution in [3.8, 4) is 33.9 Å². The van der Waals surface area contributed by atoms with Crippen LogP contribution in [0.1, 0.15) is 10.4 Å². The number of fused-ring (bicyclic) bond motifs is 2. The highest BCUT2D eigenvalue weighted by Crippen LogP contribution is 2.43. The van der Waals surface area contributed by atoms with Crippen molar-refractivity contribution in [3.05, 3.63) is 95.0 Å². The summed E-state index contributed by atoms with van der Waals surface area (Å²) < 4.78 is 66.5. The second kappa shape index (κ2) is 10.5. The van der Waals surface area contributed by atoms with Gasteiger partial charge in [0.15, 0.2) is 11.4 Å². The van der Waals surface area contributed by atoms with Gasteiger partial charge < -0.3 is 14.2 Å². The molecule has 8 nitrogen and oxygen atoms in total. The van der Waals surface area contributed by atoms with Crippen molar-refractivity contribution in [2.24, 2.45) is 0 Å². The predicted octanol–water partition coefficient (Wildman–Crippen LogP) is 7.26. The normalized spacial score (nSPS) is 11.8. The van der Waals surface area contributed by atoms with E-state index in [1.807, 2.05) is 0 Å². The zero-order valence-electron chi connectivity index (χ0n) is 22.9. The third kappa shape index (κ3) is 5.10. The number of furan rings is 1. The Labute approximate surface area is 249 Å². The van der Waals surface area contributed by atoms with Crippen molar-refractivity contribution in [2.75, 3.05) is 24.7 Å². The third-order valence-corrected chi connectivity index (χ3v) is 8.44. The van der Waals surface area contributed by atoms with Crippen LogP contribution in [0, 0.1) is 11.6 Å². The number of nitrogens with one attached hydrogen (secondary N) is 1. The Balaban J connectivity index is 1.63. The fourth-order valence-electron chi connectivity index (χ4n) is 4.86. The predicted molar refractivity (Wildman–Crippen MR) is 162 cm³/mol. The largest absolute Gasteiger partial charge is 0.455 e. The molecule has 0 aliphatic carbocycles. The molecular formula is C31H22ClF2N3O5S. The summed E-state index contributed by atoms with van der Waals surface area (Å²) in [5.74, 6) is -1.18. The van der Waals surface area contributed by atoms with Crippen LogP contribution in [0.3, 0.4) is 0 Å². The van der Waals surface area contributed by atoms with Crippen LogP contribution in [-0.4, -0.2) is 39.7 Å². The number of para-hydroxylation sites is 1. The van der Waals surface area contributed by atoms with Crippen molar-refractivity contribution in [1.82, 2.24) is 10.3 Å². The Kier molecular flexibility index (Phi) is 6.94. The van der Waals surface area contributed by atoms with Crippen LogP contribution in [-0.2, 0) is 10.0 Å². The molecule has 0 aliphatic rings. The van der Waals surface area contributed by atoms with E-state index in [0.717, 1.165) is 10.6 Å². The number of rotatable bonds is 6. The summed E-state index contributed by atoms with van der Waals surface area (Å²) in [6.07, 6.45) is 1.05. The van der Waals surface area contributed by atoms with Crippen molar-refractivity contribution in [3.63, 3.8) is 0 Å². The summed E-state index contributed by atoms with van der Waals surface area (Å²) in [5, 5.41) is 3.26. The minimum Gasteiger partial charge on any atom is -0.455 e. The van der Waals surface area contributed by atoms with Gasteiger partial charge in [0, 0.05) is 47.3 Å². The van der Waals surface area contributed by atoms with Crippen molar-refractivity contribution >= 4 is 55.3 Å². The van der Waals surface area contributed by atoms with E-state index >= 15 is 0 Å². The molecule has 12 heteroatoms. The number of carbonyl (C=O) groups is 1. The van der Waals surface area contributed by atoms with E-state index in [1.54, 1.807) is 30.3 Å². The van der Waals surface area contributed by atoms with Gasteiger partial charge in [0.05, 0.1) is 17.5 Å². The Morgan fingerprint density at radius 3 is 2.33 bits per heavy atom. The lowest BCUT2D eigenvalue weighted by atomic mass is 9.97. The van der Waals surface area contributed by atoms with E-state index in [9.17, 15) is 22.0 Å². The number of oxazole rings is 1. The van der Waals surface area contributed by atoms with Gasteiger partial charge in [-0.15, -0.1) is 0 Å². The first-order valence-electron chi connectivity index (χ1n) is 12.8. The molecule has 0 saturated carbocycles. The molecule has 1 N–H and O–H groups in total. The molecule has 0 spiro atoms. The van der Waals surface area contributed by atoms with Crippen LogP contribution >= 0.6 is 11.6 Å². The lowest BCUT2D eigenvalue weighted by molar-refractivity contribution is 0.0964. The molecule has 43 heavy (non-hydrogen) atoms. The molecule has 0 aliphatic heterocycles. The second-order valence-electron chi connectivity index (χ2n) is 9.82. The molecule has 6 rings (SSSR count). The fraction of sp³-hybridized carbons (Fsp3) is 0.0968. The smallest absolute Gasteiger partial charge is 0.255 e. The number of aromatic nitrogens is 1. The molecule has 6 aromatic rings. The van der Waals surface area contributed by atoms with Gasteiger partial charge in [-0.25, -0.2) is 22.2 Å². The van der Waals surface area contributed by atoms with E-state index in [0.29, 0.717) is 27.6 Å². The molecule has 4 aromatic carbocycles. The van der Waals surface area contributed by atoms with E-state index in [1.165, 1.54) is 56.6 Å². The average Bonchev–Trinajstić information content (AvgIpc) is 3.58. The van der Waals surface area contributed by atoms with Gasteiger partial charge in [-0.1, -0.05) is 17.7 Å². The minimum absolute atomic E-state index is 0.0554. The second-order valence-corrected chi connectivity index (χ2v) is 12.3. The molecule has 0 unspecified atom stereocenters. The summed E-state index contributed by atoms with van der Waals surface area (Å²) in [7, 11) is -0.911. The van der Waals surface area contributed by atoms with Crippen molar-refractivity contribution in [1.29, 1.82) is 0 Å². The molecule has 0 atom stereocenters. The van der Waals surface area contributed by atoms with Gasteiger partial charge in [-0.05, 0) is 66.2 Å². The Morgan fingerprint density at radius 2 is 1.65 bits per heavy atom. The number of hydrogen-bond acceptors (Lipinski definition) is 6. The van der Waals surface area contributed by atoms with Crippen LogP contribution in [0.5, 0.6) is 0 Å². The average molecular weight is 622 g/mol. The molecular weight excluding hydrogens is 600 g/mol. The van der Waals surface area contributed by atoms with Gasteiger partial charge >= 0.3 is 0 Å². The highest BCUT2D eigenvalue weighted by molar-refractivity contribution is 7.92. The SMILES string of the molecule is CNC(=O)c1c(-c2ccc(F)cc2)oc2cc(N(C)S(C)(=O)=O)c(-c3cc(Cl)cc(-c4nc5c(F)cccc5o4)c3)cc12. The number of amides is 1. The van der Waals surface area contributed by atoms with E-state index in [4.69, 9.17) is 20.4 Å². The Hall–Kier alpha value is -4.74. The summed E-state index contributed by atoms with van der Waals surface area (Å²) >= 11 is 6.53. The Morgan fingerprint density at radius 1 is 0.930 bits per heavy atom. The molecule has 0 saturated heterocycles. The van der Waals surface area contributed by atoms with E-state index in [-0.39, 0.29) is 44.6 Å². The van der Waals surface area contributed by atoms with Gasteiger partial charge in [-0.3, -0.25) is 9.10 Å². The van der Waals surface area contributed by atoms with Gasteiger partial charge in [-0.2, -0.15) is 0 Å². The third-order valence-electron chi connectivity index (χ3n) is 7.03. The minimum atomic E-state index is -3.77. The van der Waals surface area contributed by atoms with Crippen LogP contribution in [0.15, 0.2) is 81.6 Å². The summed E-state index contributed by atoms with van der Waals surface area (Å²) in [6, 6.07) is 17.9. The van der Waals surface area contributed by atoms with Crippen LogP contribution in [0.25, 0.3) is 56.0 Å². The van der Waals surface area contributed by atoms with E-state index in [2.05, 4.69) is 10.3 Å². The molecule has 0 radical (unpaired) electrons. The lowest BCUT2D eigenvalue weighted by Crippen LogP contribution is -2.25. The fourth-order valence-corrected chi connectivity index (χ4v) is 5.61. The first-order chi connectivity index (χ1) is 20.4. The molecule has 218 valence electrons. The van der Waals surface area contributed by atoms with E-state index < -0.39 is 27.6 Å². The number of nitrogens with zero attached hydrogens (tertiary/aromatic N) is 2. The van der Waals surface area contributed by atoms with Gasteiger partial charge in [0.2, 0.25) is 15.9 Å². The molecule has 2 heterocycles. The molecule has 2 aromatic heterocycles. The molecule has 0 fully saturated rings. The standard InChI is InChI=1S/C31H22ClF2N3O5S/c1-35-30(38)27-22-14-21(17-11-18(13-19(32)12-17)31-36-28-23(34)5-4-6-25(28)42-31)24(37(2)43(3,39)40)15-26(22)41-29(27)16-7-9-20(33)10-8-16/h4-15H,1-3H3,(H,35,38). The zero-order chi connectivity index (χ0) is 30.6. The zero-order valence-corrected chi connectivity index (χ0v) is 24.5. The van der Waals surface area contributed by atoms with Crippen LogP contribution < -0.4 is 9.62 Å². The van der Waals surface area contributed by atoms with Crippen molar-refractivity contribution < 1.29 is 30.8 Å². The van der Waals surface area contributed by atoms with Crippen LogP contribution in [0.4, 0.5) is 14.5 Å². The molecule has 0 bridgehead atoms. The maximum atomic E-state index is 14.3. The number of anilines is 1. The monoisotopic (exact) mass is 621 g/mol. The maximum Gasteiger partial charge on any atom is 0.255 e. The summed E-state index contributed by atoms with van der Waals surface area (Å²) in [4.78, 5) is 17.5. The van der Waals surface area contributed by atoms with Gasteiger partial charge in [0.1, 0.15) is 22.7 Å². The van der Waals surface area contributed by atoms with Crippen molar-refractivity contribution in [2.45, 2.75) is 0 Å². The number of halogens is 3. The Bertz CT molecular complexity index is 2180. The lowest BCUT2D eigenvalue weighted by Gasteiger charge is -2.21. The number of benzene rings is 4. The van der Waals surface area contributed by atoms with Crippen LogP contribution in [0.2, 0.25) is 5.02 Å². The topological polar surface area (TPSA) is 106 Å². The summed E-state index contributed by atoms with van der Waals surface area (Å²) in [6.45, 7) is 0. The number of hydrogen-bond donors (Lipinski definition) is 1. The first-order valence-corrected chi connectivity index (χ1v) is 15.1. The number of sulfonamides is 1. The number of carbonyl (C=O) groups excluding carboxylic acids is 1. The quantitative estimate of drug-likeness (QED) is 0.210. The highest BCUT2D eigenvalue weighted by Gasteiger charge is 2.26. The summed E-state index contributed by atoms with van der Waals surface area (Å²) in [5.41, 5.74) is 2.65. The maximum absolute atomic E-state index is 14.3. The van der Waals surface area contributed by atoms with Gasteiger partial charge in [0.25, 0.3) is 5.91 Å². The molecule has 1 amide bonds. The first kappa shape index (κ1) is 28.4.